The van der Waals surface area contributed by atoms with Crippen molar-refractivity contribution in [3.63, 3.8) is 0 Å². The van der Waals surface area contributed by atoms with Gasteiger partial charge in [0.15, 0.2) is 5.82 Å². The summed E-state index contributed by atoms with van der Waals surface area (Å²) in [5.41, 5.74) is 6.61. The van der Waals surface area contributed by atoms with Crippen LogP contribution in [0.2, 0.25) is 0 Å². The number of hydrogen-bond donors (Lipinski definition) is 2. The van der Waals surface area contributed by atoms with Gasteiger partial charge in [-0.05, 0) is 74.9 Å². The molecule has 2 fully saturated rings. The number of rotatable bonds is 4. The molecule has 0 radical (unpaired) electrons. The molecule has 220 valence electrons. The van der Waals surface area contributed by atoms with E-state index in [1.165, 1.54) is 0 Å². The molecular weight excluding hydrogens is 544 g/mol. The molecule has 43 heavy (non-hydrogen) atoms. The van der Waals surface area contributed by atoms with Gasteiger partial charge in [-0.25, -0.2) is 4.98 Å². The van der Waals surface area contributed by atoms with Gasteiger partial charge in [0.05, 0.1) is 34.4 Å². The minimum Gasteiger partial charge on any atom is -0.474 e. The van der Waals surface area contributed by atoms with Gasteiger partial charge in [-0.1, -0.05) is 24.3 Å². The largest absolute Gasteiger partial charge is 0.474 e. The fraction of sp³-hybridized carbons (Fsp3) is 0.394. The summed E-state index contributed by atoms with van der Waals surface area (Å²) in [4.78, 5) is 51.1. The van der Waals surface area contributed by atoms with Gasteiger partial charge in [0.1, 0.15) is 11.6 Å². The van der Waals surface area contributed by atoms with Crippen molar-refractivity contribution >= 4 is 28.6 Å². The predicted octanol–water partition coefficient (Wildman–Crippen LogP) is 3.50. The number of nitrogens with zero attached hydrogens (tertiary/aromatic N) is 4. The highest BCUT2D eigenvalue weighted by molar-refractivity contribution is 5.96. The molecule has 2 aliphatic carbocycles. The lowest BCUT2D eigenvalue weighted by molar-refractivity contribution is -0.140. The molecule has 1 aromatic heterocycles. The monoisotopic (exact) mass is 578 g/mol. The summed E-state index contributed by atoms with van der Waals surface area (Å²) in [7, 11) is 1.77. The zero-order chi connectivity index (χ0) is 30.1. The van der Waals surface area contributed by atoms with Gasteiger partial charge in [-0.3, -0.25) is 14.4 Å². The predicted molar refractivity (Wildman–Crippen MR) is 159 cm³/mol. The van der Waals surface area contributed by atoms with Crippen molar-refractivity contribution < 1.29 is 19.1 Å². The van der Waals surface area contributed by atoms with E-state index in [0.717, 1.165) is 24.8 Å². The first-order valence-electron chi connectivity index (χ1n) is 14.8. The van der Waals surface area contributed by atoms with Crippen molar-refractivity contribution in [2.45, 2.75) is 50.2 Å². The highest BCUT2D eigenvalue weighted by Gasteiger charge is 2.60. The van der Waals surface area contributed by atoms with Gasteiger partial charge >= 0.3 is 0 Å². The lowest BCUT2D eigenvalue weighted by Crippen LogP contribution is -2.51. The molecule has 5 unspecified atom stereocenters. The normalized spacial score (nSPS) is 27.4. The lowest BCUT2D eigenvalue weighted by Gasteiger charge is -2.26. The molecule has 5 atom stereocenters. The number of hydrogen-bond acceptors (Lipinski definition) is 7. The Kier molecular flexibility index (Phi) is 7.57. The standard InChI is InChI=1S/C33H34N6O4/c1-39-15-7-3-2-4-8-22-18-33(22,32(35)42)38-29(40)25-16-23(17-26(25)31(39)41)43-30-24-9-5-6-10-27(24)36-28(37-30)21-13-11-20(19-34)12-14-21/h4-6,8-14,22-23,25-26H,2-3,7,15-18H2,1H3,(H2,35,42)(H,38,40). The Morgan fingerprint density at radius 1 is 1.09 bits per heavy atom. The summed E-state index contributed by atoms with van der Waals surface area (Å²) in [5.74, 6) is -1.65. The molecule has 0 bridgehead atoms. The van der Waals surface area contributed by atoms with Crippen LogP contribution >= 0.6 is 0 Å². The van der Waals surface area contributed by atoms with Crippen molar-refractivity contribution in [3.05, 3.63) is 66.2 Å². The molecule has 1 aliphatic heterocycles. The molecule has 2 saturated carbocycles. The van der Waals surface area contributed by atoms with Crippen LogP contribution in [0.25, 0.3) is 22.3 Å². The summed E-state index contributed by atoms with van der Waals surface area (Å²) in [6, 6.07) is 16.6. The van der Waals surface area contributed by atoms with Crippen molar-refractivity contribution in [1.82, 2.24) is 20.2 Å². The quantitative estimate of drug-likeness (QED) is 0.450. The zero-order valence-electron chi connectivity index (χ0n) is 24.0. The SMILES string of the molecule is CN1CCCCC=CC2CC2(C(N)=O)NC(=O)C2CC(Oc3nc(-c4ccc(C#N)cc4)nc4ccccc34)CC2C1=O. The second kappa shape index (κ2) is 11.5. The number of benzene rings is 2. The van der Waals surface area contributed by atoms with E-state index in [1.54, 1.807) is 36.2 Å². The Labute approximate surface area is 249 Å². The van der Waals surface area contributed by atoms with Gasteiger partial charge in [-0.15, -0.1) is 0 Å². The third kappa shape index (κ3) is 5.55. The molecule has 3 aromatic rings. The van der Waals surface area contributed by atoms with Gasteiger partial charge in [0.2, 0.25) is 23.6 Å². The highest BCUT2D eigenvalue weighted by atomic mass is 16.5. The van der Waals surface area contributed by atoms with E-state index in [2.05, 4.69) is 11.4 Å². The first kappa shape index (κ1) is 28.3. The maximum atomic E-state index is 13.7. The average molecular weight is 579 g/mol. The number of fused-ring (bicyclic) bond motifs is 3. The van der Waals surface area contributed by atoms with E-state index in [9.17, 15) is 19.6 Å². The van der Waals surface area contributed by atoms with E-state index < -0.39 is 29.4 Å². The number of nitriles is 1. The van der Waals surface area contributed by atoms with Crippen LogP contribution in [-0.2, 0) is 14.4 Å². The van der Waals surface area contributed by atoms with Crippen molar-refractivity contribution in [1.29, 1.82) is 5.26 Å². The third-order valence-corrected chi connectivity index (χ3v) is 8.95. The number of carbonyl (C=O) groups is 3. The number of para-hydroxylation sites is 1. The van der Waals surface area contributed by atoms with E-state index in [-0.39, 0.29) is 24.2 Å². The Morgan fingerprint density at radius 2 is 1.86 bits per heavy atom. The number of nitrogens with one attached hydrogen (secondary N) is 1. The van der Waals surface area contributed by atoms with Crippen molar-refractivity contribution in [3.8, 4) is 23.3 Å². The number of amides is 3. The fourth-order valence-electron chi connectivity index (χ4n) is 6.35. The zero-order valence-corrected chi connectivity index (χ0v) is 24.0. The molecular formula is C33H34N6O4. The summed E-state index contributed by atoms with van der Waals surface area (Å²) >= 11 is 0. The van der Waals surface area contributed by atoms with Crippen LogP contribution in [-0.4, -0.2) is 57.8 Å². The molecule has 3 aliphatic rings. The molecule has 0 spiro atoms. The van der Waals surface area contributed by atoms with Crippen molar-refractivity contribution in [2.24, 2.45) is 23.5 Å². The molecule has 2 heterocycles. The van der Waals surface area contributed by atoms with E-state index in [1.807, 2.05) is 36.4 Å². The van der Waals surface area contributed by atoms with Gasteiger partial charge in [0.25, 0.3) is 0 Å². The molecule has 10 nitrogen and oxygen atoms in total. The number of allylic oxidation sites excluding steroid dienone is 1. The molecule has 3 amide bonds. The molecule has 10 heteroatoms. The van der Waals surface area contributed by atoms with Crippen LogP contribution < -0.4 is 15.8 Å². The van der Waals surface area contributed by atoms with Crippen LogP contribution in [0.3, 0.4) is 0 Å². The second-order valence-corrected chi connectivity index (χ2v) is 11.8. The minimum absolute atomic E-state index is 0.106. The fourth-order valence-corrected chi connectivity index (χ4v) is 6.35. The van der Waals surface area contributed by atoms with Crippen LogP contribution in [0.1, 0.15) is 44.1 Å². The Hall–Kier alpha value is -4.78. The second-order valence-electron chi connectivity index (χ2n) is 11.8. The van der Waals surface area contributed by atoms with E-state index >= 15 is 0 Å². The smallest absolute Gasteiger partial charge is 0.243 e. The highest BCUT2D eigenvalue weighted by Crippen LogP contribution is 2.46. The van der Waals surface area contributed by atoms with Gasteiger partial charge in [-0.2, -0.15) is 10.2 Å². The van der Waals surface area contributed by atoms with E-state index in [4.69, 9.17) is 20.4 Å². The lowest BCUT2D eigenvalue weighted by atomic mass is 9.93. The number of carbonyl (C=O) groups excluding carboxylic acids is 3. The van der Waals surface area contributed by atoms with Crippen LogP contribution in [0.4, 0.5) is 0 Å². The molecule has 0 saturated heterocycles. The van der Waals surface area contributed by atoms with Crippen LogP contribution in [0, 0.1) is 29.1 Å². The minimum atomic E-state index is -1.12. The maximum Gasteiger partial charge on any atom is 0.243 e. The number of primary amides is 1. The number of aromatic nitrogens is 2. The van der Waals surface area contributed by atoms with Crippen molar-refractivity contribution in [2.75, 3.05) is 13.6 Å². The summed E-state index contributed by atoms with van der Waals surface area (Å²) < 4.78 is 6.51. The maximum absolute atomic E-state index is 13.7. The average Bonchev–Trinajstić information content (AvgIpc) is 3.55. The Bertz CT molecular complexity index is 1650. The first-order chi connectivity index (χ1) is 20.8. The number of nitrogens with two attached hydrogens (primary N) is 1. The molecule has 2 aromatic carbocycles. The molecule has 6 rings (SSSR count). The number of ether oxygens (including phenoxy) is 1. The van der Waals surface area contributed by atoms with Crippen LogP contribution in [0.5, 0.6) is 5.88 Å². The van der Waals surface area contributed by atoms with Gasteiger partial charge in [0, 0.05) is 25.1 Å². The van der Waals surface area contributed by atoms with Crippen LogP contribution in [0.15, 0.2) is 60.7 Å². The topological polar surface area (TPSA) is 151 Å². The molecule has 3 N–H and O–H groups in total. The Balaban J connectivity index is 1.31. The third-order valence-electron chi connectivity index (χ3n) is 8.95. The van der Waals surface area contributed by atoms with Gasteiger partial charge < -0.3 is 20.7 Å². The van der Waals surface area contributed by atoms with E-state index in [0.29, 0.717) is 47.6 Å². The summed E-state index contributed by atoms with van der Waals surface area (Å²) in [6.45, 7) is 0.599. The summed E-state index contributed by atoms with van der Waals surface area (Å²) in [6.07, 6.45) is 7.22. The summed E-state index contributed by atoms with van der Waals surface area (Å²) in [5, 5.41) is 12.8. The first-order valence-corrected chi connectivity index (χ1v) is 14.8. The Morgan fingerprint density at radius 3 is 2.63 bits per heavy atom.